The second kappa shape index (κ2) is 4.14. The maximum Gasteiger partial charge on any atom is 0.230 e. The van der Waals surface area contributed by atoms with E-state index in [4.69, 9.17) is 0 Å². The minimum atomic E-state index is -0.286. The van der Waals surface area contributed by atoms with Crippen LogP contribution in [0.2, 0.25) is 0 Å². The number of imide groups is 1. The summed E-state index contributed by atoms with van der Waals surface area (Å²) in [7, 11) is 0. The number of nitrogens with zero attached hydrogens (tertiary/aromatic N) is 1. The van der Waals surface area contributed by atoms with Crippen LogP contribution in [0.5, 0.6) is 0 Å². The first-order valence-electron chi connectivity index (χ1n) is 4.97. The topological polar surface area (TPSA) is 37.4 Å². The lowest BCUT2D eigenvalue weighted by molar-refractivity contribution is -0.120. The largest absolute Gasteiger partial charge is 0.278 e. The predicted molar refractivity (Wildman–Crippen MR) is 63.2 cm³/mol. The van der Waals surface area contributed by atoms with Crippen molar-refractivity contribution in [1.82, 2.24) is 0 Å². The molecule has 0 aromatic heterocycles. The fourth-order valence-corrected chi connectivity index (χ4v) is 1.72. The Morgan fingerprint density at radius 3 is 2.50 bits per heavy atom. The molecule has 0 N–H and O–H groups in total. The van der Waals surface area contributed by atoms with Gasteiger partial charge in [0, 0.05) is 12.3 Å². The molecule has 16 heavy (non-hydrogen) atoms. The summed E-state index contributed by atoms with van der Waals surface area (Å²) in [5.74, 6) is -0.286. The Morgan fingerprint density at radius 2 is 1.81 bits per heavy atom. The Bertz CT molecular complexity index is 543. The van der Waals surface area contributed by atoms with Crippen LogP contribution in [0.25, 0.3) is 10.8 Å². The Hall–Kier alpha value is -2.16. The number of rotatable bonds is 2. The molecule has 0 heterocycles. The highest BCUT2D eigenvalue weighted by atomic mass is 16.2. The summed E-state index contributed by atoms with van der Waals surface area (Å²) in [6.07, 6.45) is 0.546. The van der Waals surface area contributed by atoms with Gasteiger partial charge in [0.25, 0.3) is 0 Å². The van der Waals surface area contributed by atoms with E-state index in [2.05, 4.69) is 0 Å². The maximum atomic E-state index is 11.3. The standard InChI is InChI=1S/C13H11NO2/c1-10(16)14(9-15)13-8-4-6-11-5-2-3-7-12(11)13/h2-9H,1H3. The van der Waals surface area contributed by atoms with Gasteiger partial charge >= 0.3 is 0 Å². The lowest BCUT2D eigenvalue weighted by atomic mass is 10.1. The van der Waals surface area contributed by atoms with E-state index in [9.17, 15) is 9.59 Å². The highest BCUT2D eigenvalue weighted by molar-refractivity contribution is 6.12. The van der Waals surface area contributed by atoms with Crippen LogP contribution >= 0.6 is 0 Å². The van der Waals surface area contributed by atoms with Gasteiger partial charge in [-0.2, -0.15) is 0 Å². The smallest absolute Gasteiger partial charge is 0.230 e. The van der Waals surface area contributed by atoms with E-state index in [1.807, 2.05) is 36.4 Å². The summed E-state index contributed by atoms with van der Waals surface area (Å²) in [5.41, 5.74) is 0.626. The lowest BCUT2D eigenvalue weighted by Gasteiger charge is -2.15. The molecule has 0 fully saturated rings. The predicted octanol–water partition coefficient (Wildman–Crippen LogP) is 2.35. The van der Waals surface area contributed by atoms with Gasteiger partial charge in [-0.15, -0.1) is 0 Å². The lowest BCUT2D eigenvalue weighted by Crippen LogP contribution is -2.26. The Labute approximate surface area is 93.3 Å². The average molecular weight is 213 g/mol. The molecule has 0 saturated heterocycles. The van der Waals surface area contributed by atoms with E-state index in [1.165, 1.54) is 6.92 Å². The molecule has 2 amide bonds. The van der Waals surface area contributed by atoms with Crippen LogP contribution in [0.3, 0.4) is 0 Å². The van der Waals surface area contributed by atoms with Gasteiger partial charge in [-0.25, -0.2) is 0 Å². The number of anilines is 1. The number of fused-ring (bicyclic) bond motifs is 1. The van der Waals surface area contributed by atoms with Crippen molar-refractivity contribution in [2.24, 2.45) is 0 Å². The molecular formula is C13H11NO2. The summed E-state index contributed by atoms with van der Waals surface area (Å²) in [4.78, 5) is 23.3. The van der Waals surface area contributed by atoms with E-state index in [1.54, 1.807) is 6.07 Å². The fourth-order valence-electron chi connectivity index (χ4n) is 1.72. The molecule has 0 saturated carbocycles. The third-order valence-electron chi connectivity index (χ3n) is 2.47. The zero-order valence-corrected chi connectivity index (χ0v) is 8.88. The highest BCUT2D eigenvalue weighted by Crippen LogP contribution is 2.25. The summed E-state index contributed by atoms with van der Waals surface area (Å²) in [6, 6.07) is 13.2. The zero-order valence-electron chi connectivity index (χ0n) is 8.88. The van der Waals surface area contributed by atoms with Crippen LogP contribution in [-0.4, -0.2) is 12.3 Å². The van der Waals surface area contributed by atoms with Gasteiger partial charge in [0.1, 0.15) is 0 Å². The van der Waals surface area contributed by atoms with Crippen LogP contribution in [0.1, 0.15) is 6.92 Å². The number of benzene rings is 2. The van der Waals surface area contributed by atoms with E-state index in [-0.39, 0.29) is 5.91 Å². The van der Waals surface area contributed by atoms with Crippen LogP contribution < -0.4 is 4.90 Å². The van der Waals surface area contributed by atoms with Crippen LogP contribution in [-0.2, 0) is 9.59 Å². The average Bonchev–Trinajstić information content (AvgIpc) is 2.30. The second-order valence-electron chi connectivity index (χ2n) is 3.49. The number of hydrogen-bond acceptors (Lipinski definition) is 2. The van der Waals surface area contributed by atoms with Crippen molar-refractivity contribution < 1.29 is 9.59 Å². The van der Waals surface area contributed by atoms with Crippen molar-refractivity contribution in [3.05, 3.63) is 42.5 Å². The van der Waals surface area contributed by atoms with E-state index in [0.717, 1.165) is 15.7 Å². The molecule has 3 nitrogen and oxygen atoms in total. The molecule has 2 rings (SSSR count). The molecule has 2 aromatic carbocycles. The summed E-state index contributed by atoms with van der Waals surface area (Å²) in [6.45, 7) is 1.37. The zero-order chi connectivity index (χ0) is 11.5. The number of carbonyl (C=O) groups excluding carboxylic acids is 2. The number of hydrogen-bond donors (Lipinski definition) is 0. The van der Waals surface area contributed by atoms with Crippen LogP contribution in [0.4, 0.5) is 5.69 Å². The molecule has 0 aliphatic rings. The highest BCUT2D eigenvalue weighted by Gasteiger charge is 2.12. The molecule has 0 spiro atoms. The van der Waals surface area contributed by atoms with Crippen molar-refractivity contribution in [3.63, 3.8) is 0 Å². The van der Waals surface area contributed by atoms with Crippen molar-refractivity contribution in [2.45, 2.75) is 6.92 Å². The van der Waals surface area contributed by atoms with Crippen molar-refractivity contribution in [3.8, 4) is 0 Å². The first-order valence-corrected chi connectivity index (χ1v) is 4.97. The van der Waals surface area contributed by atoms with E-state index < -0.39 is 0 Å². The maximum absolute atomic E-state index is 11.3. The summed E-state index contributed by atoms with van der Waals surface area (Å²) < 4.78 is 0. The summed E-state index contributed by atoms with van der Waals surface area (Å²) in [5, 5.41) is 1.90. The van der Waals surface area contributed by atoms with Crippen molar-refractivity contribution in [1.29, 1.82) is 0 Å². The SMILES string of the molecule is CC(=O)N(C=O)c1cccc2ccccc12. The monoisotopic (exact) mass is 213 g/mol. The van der Waals surface area contributed by atoms with Gasteiger partial charge in [-0.3, -0.25) is 14.5 Å². The normalized spacial score (nSPS) is 10.1. The number of carbonyl (C=O) groups is 2. The van der Waals surface area contributed by atoms with E-state index >= 15 is 0 Å². The molecule has 0 atom stereocenters. The van der Waals surface area contributed by atoms with E-state index in [0.29, 0.717) is 12.1 Å². The fraction of sp³-hybridized carbons (Fsp3) is 0.0769. The molecule has 0 unspecified atom stereocenters. The quantitative estimate of drug-likeness (QED) is 0.718. The molecular weight excluding hydrogens is 202 g/mol. The van der Waals surface area contributed by atoms with Crippen molar-refractivity contribution in [2.75, 3.05) is 4.90 Å². The third-order valence-corrected chi connectivity index (χ3v) is 2.47. The first kappa shape index (κ1) is 10.4. The molecule has 2 aromatic rings. The Kier molecular flexibility index (Phi) is 2.68. The third kappa shape index (κ3) is 1.67. The van der Waals surface area contributed by atoms with Gasteiger partial charge in [-0.05, 0) is 11.5 Å². The molecule has 0 aliphatic carbocycles. The minimum Gasteiger partial charge on any atom is -0.278 e. The Morgan fingerprint density at radius 1 is 1.12 bits per heavy atom. The molecule has 0 aliphatic heterocycles. The first-order chi connectivity index (χ1) is 7.74. The molecule has 80 valence electrons. The van der Waals surface area contributed by atoms with Gasteiger partial charge in [0.05, 0.1) is 5.69 Å². The van der Waals surface area contributed by atoms with Gasteiger partial charge in [0.2, 0.25) is 12.3 Å². The van der Waals surface area contributed by atoms with Crippen LogP contribution in [0.15, 0.2) is 42.5 Å². The number of amides is 2. The van der Waals surface area contributed by atoms with Gasteiger partial charge in [0.15, 0.2) is 0 Å². The van der Waals surface area contributed by atoms with Gasteiger partial charge in [-0.1, -0.05) is 36.4 Å². The molecule has 0 bridgehead atoms. The second-order valence-corrected chi connectivity index (χ2v) is 3.49. The van der Waals surface area contributed by atoms with Crippen molar-refractivity contribution >= 4 is 28.8 Å². The molecule has 0 radical (unpaired) electrons. The van der Waals surface area contributed by atoms with Crippen LogP contribution in [0, 0.1) is 0 Å². The summed E-state index contributed by atoms with van der Waals surface area (Å²) >= 11 is 0. The Balaban J connectivity index is 2.68. The molecule has 3 heteroatoms. The minimum absolute atomic E-state index is 0.286. The van der Waals surface area contributed by atoms with Gasteiger partial charge < -0.3 is 0 Å².